The van der Waals surface area contributed by atoms with Crippen molar-refractivity contribution in [2.75, 3.05) is 5.32 Å². The molecule has 0 radical (unpaired) electrons. The van der Waals surface area contributed by atoms with E-state index in [0.29, 0.717) is 16.2 Å². The van der Waals surface area contributed by atoms with Gasteiger partial charge in [-0.05, 0) is 55.7 Å². The van der Waals surface area contributed by atoms with Crippen LogP contribution in [0.1, 0.15) is 21.7 Å². The predicted molar refractivity (Wildman–Crippen MR) is 121 cm³/mol. The number of hydrogen-bond acceptors (Lipinski definition) is 6. The van der Waals surface area contributed by atoms with Crippen LogP contribution in [0.5, 0.6) is 0 Å². The van der Waals surface area contributed by atoms with Gasteiger partial charge in [0.15, 0.2) is 0 Å². The number of rotatable bonds is 4. The zero-order valence-corrected chi connectivity index (χ0v) is 17.6. The zero-order chi connectivity index (χ0) is 21.3. The molecular formula is C24H19N3O2S. The number of nitrogens with one attached hydrogen (secondary N) is 1. The molecule has 5 nitrogen and oxygen atoms in total. The molecule has 148 valence electrons. The number of anilines is 1. The van der Waals surface area contributed by atoms with Crippen molar-refractivity contribution in [1.29, 1.82) is 5.26 Å². The highest BCUT2D eigenvalue weighted by molar-refractivity contribution is 7.11. The van der Waals surface area contributed by atoms with Crippen LogP contribution >= 0.6 is 11.3 Å². The maximum Gasteiger partial charge on any atom is 0.336 e. The number of nitriles is 1. The quantitative estimate of drug-likeness (QED) is 0.337. The van der Waals surface area contributed by atoms with Crippen LogP contribution in [-0.2, 0) is 0 Å². The van der Waals surface area contributed by atoms with E-state index in [4.69, 9.17) is 4.42 Å². The Labute approximate surface area is 177 Å². The molecule has 0 bridgehead atoms. The highest BCUT2D eigenvalue weighted by Crippen LogP contribution is 2.28. The Morgan fingerprint density at radius 3 is 2.70 bits per heavy atom. The Balaban J connectivity index is 1.61. The first-order valence-electron chi connectivity index (χ1n) is 9.39. The molecule has 4 aromatic rings. The van der Waals surface area contributed by atoms with Crippen LogP contribution in [0.15, 0.2) is 63.3 Å². The number of aryl methyl sites for hydroxylation is 3. The minimum absolute atomic E-state index is 0.382. The van der Waals surface area contributed by atoms with Crippen molar-refractivity contribution in [3.8, 4) is 17.3 Å². The fourth-order valence-corrected chi connectivity index (χ4v) is 3.94. The molecular weight excluding hydrogens is 394 g/mol. The molecule has 2 aromatic heterocycles. The molecule has 2 heterocycles. The average Bonchev–Trinajstić information content (AvgIpc) is 3.20. The summed E-state index contributed by atoms with van der Waals surface area (Å²) in [5.41, 5.74) is 6.46. The molecule has 0 saturated heterocycles. The summed E-state index contributed by atoms with van der Waals surface area (Å²) in [5, 5.41) is 16.2. The van der Waals surface area contributed by atoms with Gasteiger partial charge in [0.25, 0.3) is 0 Å². The molecule has 0 amide bonds. The molecule has 0 fully saturated rings. The van der Waals surface area contributed by atoms with Gasteiger partial charge >= 0.3 is 5.63 Å². The summed E-state index contributed by atoms with van der Waals surface area (Å²) in [6.45, 7) is 6.02. The van der Waals surface area contributed by atoms with E-state index in [0.717, 1.165) is 27.9 Å². The number of allylic oxidation sites excluding steroid dienone is 1. The number of aromatic nitrogens is 1. The minimum Gasteiger partial charge on any atom is -0.423 e. The van der Waals surface area contributed by atoms with Gasteiger partial charge in [-0.2, -0.15) is 5.26 Å². The van der Waals surface area contributed by atoms with E-state index in [9.17, 15) is 10.1 Å². The van der Waals surface area contributed by atoms with Crippen molar-refractivity contribution in [3.05, 3.63) is 86.2 Å². The van der Waals surface area contributed by atoms with Crippen LogP contribution in [0.25, 0.3) is 27.8 Å². The first-order valence-corrected chi connectivity index (χ1v) is 10.3. The molecule has 1 N–H and O–H groups in total. The van der Waals surface area contributed by atoms with Crippen molar-refractivity contribution in [2.24, 2.45) is 0 Å². The molecule has 0 spiro atoms. The van der Waals surface area contributed by atoms with Gasteiger partial charge < -0.3 is 9.73 Å². The fraction of sp³-hybridized carbons (Fsp3) is 0.125. The van der Waals surface area contributed by atoms with Gasteiger partial charge in [-0.1, -0.05) is 12.1 Å². The SMILES string of the molecule is Cc1ccc(-c2csc(C(C#N)=CNc3ccc4c(C)cc(=O)oc4c3)n2)cc1C. The third-order valence-corrected chi connectivity index (χ3v) is 5.87. The van der Waals surface area contributed by atoms with Crippen LogP contribution in [0, 0.1) is 32.1 Å². The zero-order valence-electron chi connectivity index (χ0n) is 16.8. The second-order valence-electron chi connectivity index (χ2n) is 7.11. The summed E-state index contributed by atoms with van der Waals surface area (Å²) in [6.07, 6.45) is 1.62. The molecule has 30 heavy (non-hydrogen) atoms. The Hall–Kier alpha value is -3.69. The Kier molecular flexibility index (Phi) is 5.21. The van der Waals surface area contributed by atoms with Crippen molar-refractivity contribution in [2.45, 2.75) is 20.8 Å². The van der Waals surface area contributed by atoms with Crippen LogP contribution < -0.4 is 10.9 Å². The molecule has 2 aromatic carbocycles. The van der Waals surface area contributed by atoms with Crippen molar-refractivity contribution >= 4 is 33.6 Å². The highest BCUT2D eigenvalue weighted by Gasteiger charge is 2.10. The Bertz CT molecular complexity index is 1390. The number of fused-ring (bicyclic) bond motifs is 1. The molecule has 0 atom stereocenters. The smallest absolute Gasteiger partial charge is 0.336 e. The van der Waals surface area contributed by atoms with Crippen molar-refractivity contribution in [1.82, 2.24) is 4.98 Å². The molecule has 6 heteroatoms. The van der Waals surface area contributed by atoms with Gasteiger partial charge in [0.2, 0.25) is 0 Å². The summed E-state index contributed by atoms with van der Waals surface area (Å²) in [4.78, 5) is 16.3. The van der Waals surface area contributed by atoms with Gasteiger partial charge in [0, 0.05) is 40.3 Å². The lowest BCUT2D eigenvalue weighted by atomic mass is 10.1. The Morgan fingerprint density at radius 1 is 1.10 bits per heavy atom. The van der Waals surface area contributed by atoms with Crippen LogP contribution in [0.2, 0.25) is 0 Å². The van der Waals surface area contributed by atoms with Crippen LogP contribution in [0.3, 0.4) is 0 Å². The lowest BCUT2D eigenvalue weighted by Gasteiger charge is -2.05. The summed E-state index contributed by atoms with van der Waals surface area (Å²) >= 11 is 1.43. The second-order valence-corrected chi connectivity index (χ2v) is 7.97. The van der Waals surface area contributed by atoms with E-state index in [-0.39, 0.29) is 5.63 Å². The number of benzene rings is 2. The largest absolute Gasteiger partial charge is 0.423 e. The third kappa shape index (κ3) is 3.88. The van der Waals surface area contributed by atoms with E-state index in [1.807, 2.05) is 30.5 Å². The lowest BCUT2D eigenvalue weighted by molar-refractivity contribution is 0.560. The van der Waals surface area contributed by atoms with Crippen LogP contribution in [-0.4, -0.2) is 4.98 Å². The maximum atomic E-state index is 11.6. The summed E-state index contributed by atoms with van der Waals surface area (Å²) in [6, 6.07) is 15.4. The van der Waals surface area contributed by atoms with Crippen molar-refractivity contribution < 1.29 is 4.42 Å². The molecule has 0 aliphatic rings. The Morgan fingerprint density at radius 2 is 1.93 bits per heavy atom. The van der Waals surface area contributed by atoms with Gasteiger partial charge in [0.1, 0.15) is 22.2 Å². The molecule has 0 saturated carbocycles. The number of thiazole rings is 1. The van der Waals surface area contributed by atoms with E-state index < -0.39 is 0 Å². The number of nitrogens with zero attached hydrogens (tertiary/aromatic N) is 2. The normalized spacial score (nSPS) is 11.5. The molecule has 4 rings (SSSR count). The van der Waals surface area contributed by atoms with E-state index in [2.05, 4.69) is 42.4 Å². The molecule has 0 unspecified atom stereocenters. The van der Waals surface area contributed by atoms with E-state index in [1.165, 1.54) is 28.5 Å². The molecule has 0 aliphatic carbocycles. The standard InChI is InChI=1S/C24H19N3O2S/c1-14-4-5-17(8-15(14)2)21-13-30-24(27-21)18(11-25)12-26-19-6-7-20-16(3)9-23(28)29-22(20)10-19/h4-10,12-13,26H,1-3H3. The van der Waals surface area contributed by atoms with Gasteiger partial charge in [-0.15, -0.1) is 11.3 Å². The number of hydrogen-bond donors (Lipinski definition) is 1. The first-order chi connectivity index (χ1) is 14.4. The fourth-order valence-electron chi connectivity index (χ4n) is 3.14. The third-order valence-electron chi connectivity index (χ3n) is 4.99. The predicted octanol–water partition coefficient (Wildman–Crippen LogP) is 5.82. The van der Waals surface area contributed by atoms with Crippen LogP contribution in [0.4, 0.5) is 5.69 Å². The average molecular weight is 414 g/mol. The summed E-state index contributed by atoms with van der Waals surface area (Å²) < 4.78 is 5.28. The minimum atomic E-state index is -0.382. The van der Waals surface area contributed by atoms with Gasteiger partial charge in [-0.25, -0.2) is 9.78 Å². The topological polar surface area (TPSA) is 78.9 Å². The maximum absolute atomic E-state index is 11.6. The monoisotopic (exact) mass is 413 g/mol. The van der Waals surface area contributed by atoms with Crippen molar-refractivity contribution in [3.63, 3.8) is 0 Å². The van der Waals surface area contributed by atoms with Gasteiger partial charge in [-0.3, -0.25) is 0 Å². The summed E-state index contributed by atoms with van der Waals surface area (Å²) in [5.74, 6) is 0. The summed E-state index contributed by atoms with van der Waals surface area (Å²) in [7, 11) is 0. The van der Waals surface area contributed by atoms with E-state index in [1.54, 1.807) is 12.3 Å². The highest BCUT2D eigenvalue weighted by atomic mass is 32.1. The molecule has 0 aliphatic heterocycles. The lowest BCUT2D eigenvalue weighted by Crippen LogP contribution is -1.98. The first kappa shape index (κ1) is 19.6. The van der Waals surface area contributed by atoms with E-state index >= 15 is 0 Å². The second kappa shape index (κ2) is 7.97. The van der Waals surface area contributed by atoms with Gasteiger partial charge in [0.05, 0.1) is 5.69 Å².